The third-order valence-corrected chi connectivity index (χ3v) is 8.13. The van der Waals surface area contributed by atoms with Gasteiger partial charge in [-0.3, -0.25) is 19.3 Å². The van der Waals surface area contributed by atoms with Crippen molar-refractivity contribution < 1.29 is 23.9 Å². The molecular weight excluding hydrogens is 656 g/mol. The molecule has 3 aromatic carbocycles. The first-order chi connectivity index (χ1) is 18.3. The van der Waals surface area contributed by atoms with E-state index in [0.29, 0.717) is 33.8 Å². The van der Waals surface area contributed by atoms with Gasteiger partial charge in [-0.25, -0.2) is 0 Å². The number of hydrogen-bond acceptors (Lipinski definition) is 7. The molecule has 38 heavy (non-hydrogen) atoms. The van der Waals surface area contributed by atoms with Crippen molar-refractivity contribution >= 4 is 84.2 Å². The quantitative estimate of drug-likeness (QED) is 0.189. The number of thioether (sulfide) groups is 2. The lowest BCUT2D eigenvalue weighted by Gasteiger charge is -2.14. The maximum atomic E-state index is 13.0. The normalized spacial score (nSPS) is 14.2. The van der Waals surface area contributed by atoms with Crippen LogP contribution in [-0.4, -0.2) is 41.9 Å². The summed E-state index contributed by atoms with van der Waals surface area (Å²) in [6, 6.07) is 18.6. The predicted octanol–water partition coefficient (Wildman–Crippen LogP) is 7.20. The minimum absolute atomic E-state index is 0.213. The van der Waals surface area contributed by atoms with E-state index in [4.69, 9.17) is 9.47 Å². The van der Waals surface area contributed by atoms with Crippen LogP contribution in [0.25, 0.3) is 6.08 Å². The van der Waals surface area contributed by atoms with Crippen molar-refractivity contribution in [3.05, 3.63) is 85.6 Å². The summed E-state index contributed by atoms with van der Waals surface area (Å²) in [5, 5.41) is 2.23. The second kappa shape index (κ2) is 12.9. The summed E-state index contributed by atoms with van der Waals surface area (Å²) in [5.74, 6) is -0.00105. The molecule has 0 saturated carbocycles. The van der Waals surface area contributed by atoms with E-state index in [0.717, 1.165) is 31.6 Å². The van der Waals surface area contributed by atoms with Gasteiger partial charge >= 0.3 is 0 Å². The summed E-state index contributed by atoms with van der Waals surface area (Å²) >= 11 is 9.27. The molecule has 1 saturated heterocycles. The lowest BCUT2D eigenvalue weighted by molar-refractivity contribution is -0.127. The topological polar surface area (TPSA) is 84.9 Å². The van der Waals surface area contributed by atoms with Gasteiger partial charge in [-0.15, -0.1) is 11.8 Å². The number of rotatable bonds is 9. The highest BCUT2D eigenvalue weighted by Crippen LogP contribution is 2.39. The summed E-state index contributed by atoms with van der Waals surface area (Å²) in [6.07, 6.45) is 3.53. The number of hydrogen-bond donors (Lipinski definition) is 1. The van der Waals surface area contributed by atoms with E-state index in [1.54, 1.807) is 36.0 Å². The van der Waals surface area contributed by atoms with E-state index in [1.165, 1.54) is 7.11 Å². The van der Waals surface area contributed by atoms with Crippen molar-refractivity contribution in [2.45, 2.75) is 11.5 Å². The highest BCUT2D eigenvalue weighted by atomic mass is 79.9. The summed E-state index contributed by atoms with van der Waals surface area (Å²) in [4.78, 5) is 40.2. The lowest BCUT2D eigenvalue weighted by Crippen LogP contribution is -2.36. The average molecular weight is 678 g/mol. The summed E-state index contributed by atoms with van der Waals surface area (Å²) in [6.45, 7) is -0.0362. The molecule has 7 nitrogen and oxygen atoms in total. The molecule has 0 aromatic heterocycles. The molecule has 1 fully saturated rings. The molecule has 1 aliphatic heterocycles. The number of carbonyl (C=O) groups is 3. The Bertz CT molecular complexity index is 1410. The Morgan fingerprint density at radius 3 is 2.58 bits per heavy atom. The molecular formula is C27H22Br2N2O5S2. The zero-order valence-electron chi connectivity index (χ0n) is 20.3. The van der Waals surface area contributed by atoms with Gasteiger partial charge in [-0.1, -0.05) is 34.1 Å². The first kappa shape index (κ1) is 28.3. The summed E-state index contributed by atoms with van der Waals surface area (Å²) < 4.78 is 13.1. The molecule has 0 aliphatic carbocycles. The SMILES string of the molecule is COc1cc(/C=C2/SC(=O)N(CC(=O)Nc3cccc(SC)c3)C2=O)cc(Br)c1OCc1ccc(Br)cc1. The predicted molar refractivity (Wildman–Crippen MR) is 159 cm³/mol. The second-order valence-electron chi connectivity index (χ2n) is 8.00. The molecule has 1 aliphatic rings. The Morgan fingerprint density at radius 1 is 1.11 bits per heavy atom. The van der Waals surface area contributed by atoms with Gasteiger partial charge in [-0.05, 0) is 93.6 Å². The van der Waals surface area contributed by atoms with Crippen LogP contribution in [0.4, 0.5) is 10.5 Å². The fourth-order valence-corrected chi connectivity index (χ4v) is 5.67. The van der Waals surface area contributed by atoms with Crippen molar-refractivity contribution in [3.63, 3.8) is 0 Å². The molecule has 3 amide bonds. The fourth-order valence-electron chi connectivity index (χ4n) is 3.53. The lowest BCUT2D eigenvalue weighted by atomic mass is 10.1. The average Bonchev–Trinajstić information content (AvgIpc) is 3.15. The zero-order chi connectivity index (χ0) is 27.2. The minimum Gasteiger partial charge on any atom is -0.493 e. The molecule has 196 valence electrons. The molecule has 0 atom stereocenters. The van der Waals surface area contributed by atoms with Gasteiger partial charge in [0.1, 0.15) is 13.2 Å². The molecule has 4 rings (SSSR count). The van der Waals surface area contributed by atoms with Crippen molar-refractivity contribution in [1.82, 2.24) is 4.90 Å². The zero-order valence-corrected chi connectivity index (χ0v) is 25.1. The monoisotopic (exact) mass is 676 g/mol. The van der Waals surface area contributed by atoms with Crippen LogP contribution in [0.3, 0.4) is 0 Å². The number of nitrogens with zero attached hydrogens (tertiary/aromatic N) is 1. The molecule has 1 heterocycles. The highest BCUT2D eigenvalue weighted by Gasteiger charge is 2.36. The molecule has 3 aromatic rings. The Balaban J connectivity index is 1.45. The second-order valence-corrected chi connectivity index (χ2v) is 11.6. The van der Waals surface area contributed by atoms with Gasteiger partial charge in [0.05, 0.1) is 16.5 Å². The van der Waals surface area contributed by atoms with E-state index in [1.807, 2.05) is 48.7 Å². The Hall–Kier alpha value is -2.73. The summed E-state index contributed by atoms with van der Waals surface area (Å²) in [7, 11) is 1.53. The molecule has 0 radical (unpaired) electrons. The van der Waals surface area contributed by atoms with Crippen LogP contribution in [0.1, 0.15) is 11.1 Å². The maximum absolute atomic E-state index is 13.0. The molecule has 0 bridgehead atoms. The third-order valence-electron chi connectivity index (χ3n) is 5.37. The van der Waals surface area contributed by atoms with E-state index >= 15 is 0 Å². The number of anilines is 1. The van der Waals surface area contributed by atoms with Gasteiger partial charge in [0.2, 0.25) is 5.91 Å². The Kier molecular flexibility index (Phi) is 9.59. The number of ether oxygens (including phenoxy) is 2. The van der Waals surface area contributed by atoms with E-state index in [2.05, 4.69) is 37.2 Å². The van der Waals surface area contributed by atoms with Gasteiger partial charge in [0, 0.05) is 15.1 Å². The third kappa shape index (κ3) is 7.02. The Morgan fingerprint density at radius 2 is 1.87 bits per heavy atom. The van der Waals surface area contributed by atoms with Crippen molar-refractivity contribution in [2.75, 3.05) is 25.2 Å². The first-order valence-corrected chi connectivity index (χ1v) is 14.8. The fraction of sp³-hybridized carbons (Fsp3) is 0.148. The number of imide groups is 1. The van der Waals surface area contributed by atoms with Crippen molar-refractivity contribution in [3.8, 4) is 11.5 Å². The van der Waals surface area contributed by atoms with Crippen molar-refractivity contribution in [2.24, 2.45) is 0 Å². The maximum Gasteiger partial charge on any atom is 0.294 e. The summed E-state index contributed by atoms with van der Waals surface area (Å²) in [5.41, 5.74) is 2.22. The van der Waals surface area contributed by atoms with Crippen LogP contribution >= 0.6 is 55.4 Å². The molecule has 0 unspecified atom stereocenters. The van der Waals surface area contributed by atoms with Crippen molar-refractivity contribution in [1.29, 1.82) is 0 Å². The van der Waals surface area contributed by atoms with Gasteiger partial charge in [0.15, 0.2) is 11.5 Å². The van der Waals surface area contributed by atoms with E-state index in [9.17, 15) is 14.4 Å². The van der Waals surface area contributed by atoms with Crippen LogP contribution in [-0.2, 0) is 16.2 Å². The smallest absolute Gasteiger partial charge is 0.294 e. The van der Waals surface area contributed by atoms with Gasteiger partial charge in [0.25, 0.3) is 11.1 Å². The number of carbonyl (C=O) groups excluding carboxylic acids is 3. The highest BCUT2D eigenvalue weighted by molar-refractivity contribution is 9.10. The standard InChI is InChI=1S/C27H22Br2N2O5S2/c1-35-22-11-17(10-21(29)25(22)36-15-16-6-8-18(28)9-7-16)12-23-26(33)31(27(34)38-23)14-24(32)30-19-4-3-5-20(13-19)37-2/h3-13H,14-15H2,1-2H3,(H,30,32)/b23-12+. The Labute approximate surface area is 245 Å². The molecule has 1 N–H and O–H groups in total. The van der Waals surface area contributed by atoms with Gasteiger partial charge in [-0.2, -0.15) is 0 Å². The van der Waals surface area contributed by atoms with Crippen LogP contribution in [0.2, 0.25) is 0 Å². The van der Waals surface area contributed by atoms with Gasteiger partial charge < -0.3 is 14.8 Å². The van der Waals surface area contributed by atoms with Crippen LogP contribution < -0.4 is 14.8 Å². The van der Waals surface area contributed by atoms with E-state index < -0.39 is 17.1 Å². The largest absolute Gasteiger partial charge is 0.493 e. The molecule has 11 heteroatoms. The number of amides is 3. The minimum atomic E-state index is -0.529. The van der Waals surface area contributed by atoms with Crippen LogP contribution in [0, 0.1) is 0 Å². The van der Waals surface area contributed by atoms with Crippen LogP contribution in [0.15, 0.2) is 79.4 Å². The first-order valence-electron chi connectivity index (χ1n) is 11.2. The number of methoxy groups -OCH3 is 1. The van der Waals surface area contributed by atoms with Crippen LogP contribution in [0.5, 0.6) is 11.5 Å². The number of nitrogens with one attached hydrogen (secondary N) is 1. The van der Waals surface area contributed by atoms with E-state index in [-0.39, 0.29) is 11.4 Å². The number of benzene rings is 3. The number of halogens is 2. The molecule has 0 spiro atoms.